The minimum Gasteiger partial charge on any atom is -0.497 e. The first-order chi connectivity index (χ1) is 8.07. The summed E-state index contributed by atoms with van der Waals surface area (Å²) in [4.78, 5) is 0. The van der Waals surface area contributed by atoms with Crippen LogP contribution in [0.1, 0.15) is 25.8 Å². The fraction of sp³-hybridized carbons (Fsp3) is 0.500. The van der Waals surface area contributed by atoms with Crippen molar-refractivity contribution in [1.29, 1.82) is 5.26 Å². The lowest BCUT2D eigenvalue weighted by molar-refractivity contribution is 0.102. The van der Waals surface area contributed by atoms with Gasteiger partial charge >= 0.3 is 0 Å². The van der Waals surface area contributed by atoms with Gasteiger partial charge in [0.05, 0.1) is 25.2 Å². The van der Waals surface area contributed by atoms with Crippen LogP contribution in [0, 0.1) is 16.7 Å². The molecule has 0 aliphatic heterocycles. The van der Waals surface area contributed by atoms with E-state index in [4.69, 9.17) is 14.7 Å². The zero-order valence-corrected chi connectivity index (χ0v) is 10.7. The van der Waals surface area contributed by atoms with Gasteiger partial charge in [0.25, 0.3) is 0 Å². The van der Waals surface area contributed by atoms with Gasteiger partial charge in [0.2, 0.25) is 0 Å². The Labute approximate surface area is 103 Å². The van der Waals surface area contributed by atoms with E-state index in [9.17, 15) is 0 Å². The Morgan fingerprint density at radius 3 is 2.76 bits per heavy atom. The molecule has 0 spiro atoms. The first-order valence-electron chi connectivity index (χ1n) is 5.69. The predicted molar refractivity (Wildman–Crippen MR) is 66.7 cm³/mol. The first-order valence-corrected chi connectivity index (χ1v) is 5.69. The second-order valence-electron chi connectivity index (χ2n) is 4.65. The van der Waals surface area contributed by atoms with Crippen molar-refractivity contribution in [1.82, 2.24) is 0 Å². The van der Waals surface area contributed by atoms with Gasteiger partial charge in [-0.3, -0.25) is 0 Å². The van der Waals surface area contributed by atoms with E-state index in [1.54, 1.807) is 7.11 Å². The predicted octanol–water partition coefficient (Wildman–Crippen LogP) is 3.15. The summed E-state index contributed by atoms with van der Waals surface area (Å²) in [5.74, 6) is 0.837. The summed E-state index contributed by atoms with van der Waals surface area (Å²) in [6, 6.07) is 10.1. The van der Waals surface area contributed by atoms with E-state index in [2.05, 4.69) is 6.07 Å². The van der Waals surface area contributed by atoms with Gasteiger partial charge in [-0.25, -0.2) is 0 Å². The third kappa shape index (κ3) is 4.88. The number of nitrogens with zero attached hydrogens (tertiary/aromatic N) is 1. The van der Waals surface area contributed by atoms with Crippen molar-refractivity contribution in [3.8, 4) is 11.8 Å². The summed E-state index contributed by atoms with van der Waals surface area (Å²) in [7, 11) is 1.65. The Kier molecular flexibility index (Phi) is 4.99. The third-order valence-corrected chi connectivity index (χ3v) is 2.58. The molecule has 0 saturated carbocycles. The maximum absolute atomic E-state index is 8.86. The monoisotopic (exact) mass is 233 g/mol. The molecular weight excluding hydrogens is 214 g/mol. The maximum atomic E-state index is 8.86. The molecule has 0 bridgehead atoms. The average molecular weight is 233 g/mol. The zero-order valence-electron chi connectivity index (χ0n) is 10.7. The highest BCUT2D eigenvalue weighted by Crippen LogP contribution is 2.19. The van der Waals surface area contributed by atoms with Gasteiger partial charge in [-0.05, 0) is 38.0 Å². The van der Waals surface area contributed by atoms with E-state index in [1.807, 2.05) is 38.1 Å². The molecule has 1 aromatic rings. The van der Waals surface area contributed by atoms with Gasteiger partial charge in [-0.2, -0.15) is 5.26 Å². The lowest BCUT2D eigenvalue weighted by Gasteiger charge is -2.14. The van der Waals surface area contributed by atoms with Gasteiger partial charge in [0.15, 0.2) is 0 Å². The van der Waals surface area contributed by atoms with Crippen LogP contribution in [-0.4, -0.2) is 13.7 Å². The lowest BCUT2D eigenvalue weighted by atomic mass is 9.92. The van der Waals surface area contributed by atoms with Crippen LogP contribution in [0.3, 0.4) is 0 Å². The molecule has 0 aliphatic carbocycles. The van der Waals surface area contributed by atoms with Gasteiger partial charge in [-0.15, -0.1) is 0 Å². The van der Waals surface area contributed by atoms with Crippen molar-refractivity contribution in [2.24, 2.45) is 5.41 Å². The molecule has 1 aromatic carbocycles. The number of ether oxygens (including phenoxy) is 2. The van der Waals surface area contributed by atoms with Crippen LogP contribution in [0.15, 0.2) is 24.3 Å². The smallest absolute Gasteiger partial charge is 0.119 e. The summed E-state index contributed by atoms with van der Waals surface area (Å²) in [5.41, 5.74) is 0.771. The number of methoxy groups -OCH3 is 1. The standard InChI is InChI=1S/C14H19NO2/c1-14(2,11-15)7-8-17-10-12-5-4-6-13(9-12)16-3/h4-6,9H,7-8,10H2,1-3H3. The van der Waals surface area contributed by atoms with Crippen LogP contribution in [0.2, 0.25) is 0 Å². The van der Waals surface area contributed by atoms with Crippen molar-refractivity contribution in [3.05, 3.63) is 29.8 Å². The zero-order chi connectivity index (χ0) is 12.7. The van der Waals surface area contributed by atoms with E-state index in [-0.39, 0.29) is 5.41 Å². The number of hydrogen-bond acceptors (Lipinski definition) is 3. The fourth-order valence-corrected chi connectivity index (χ4v) is 1.34. The summed E-state index contributed by atoms with van der Waals surface area (Å²) in [5, 5.41) is 8.86. The summed E-state index contributed by atoms with van der Waals surface area (Å²) < 4.78 is 10.7. The first kappa shape index (κ1) is 13.5. The van der Waals surface area contributed by atoms with Crippen LogP contribution in [0.4, 0.5) is 0 Å². The van der Waals surface area contributed by atoms with Crippen molar-refractivity contribution >= 4 is 0 Å². The normalized spacial score (nSPS) is 10.9. The molecule has 0 heterocycles. The van der Waals surface area contributed by atoms with Gasteiger partial charge in [-0.1, -0.05) is 12.1 Å². The van der Waals surface area contributed by atoms with E-state index >= 15 is 0 Å². The number of hydrogen-bond donors (Lipinski definition) is 0. The SMILES string of the molecule is COc1cccc(COCCC(C)(C)C#N)c1. The fourth-order valence-electron chi connectivity index (χ4n) is 1.34. The molecule has 0 saturated heterocycles. The van der Waals surface area contributed by atoms with E-state index in [1.165, 1.54) is 0 Å². The van der Waals surface area contributed by atoms with E-state index < -0.39 is 0 Å². The van der Waals surface area contributed by atoms with Crippen molar-refractivity contribution in [3.63, 3.8) is 0 Å². The highest BCUT2D eigenvalue weighted by atomic mass is 16.5. The highest BCUT2D eigenvalue weighted by molar-refractivity contribution is 5.27. The Morgan fingerprint density at radius 1 is 1.35 bits per heavy atom. The minimum atomic E-state index is -0.311. The molecule has 0 fully saturated rings. The molecule has 92 valence electrons. The molecule has 0 N–H and O–H groups in total. The van der Waals surface area contributed by atoms with Crippen molar-refractivity contribution in [2.75, 3.05) is 13.7 Å². The third-order valence-electron chi connectivity index (χ3n) is 2.58. The van der Waals surface area contributed by atoms with Crippen LogP contribution in [-0.2, 0) is 11.3 Å². The summed E-state index contributed by atoms with van der Waals surface area (Å²) in [6.07, 6.45) is 0.744. The molecule has 0 amide bonds. The van der Waals surface area contributed by atoms with Gasteiger partial charge < -0.3 is 9.47 Å². The second-order valence-corrected chi connectivity index (χ2v) is 4.65. The number of nitriles is 1. The Balaban J connectivity index is 2.34. The van der Waals surface area contributed by atoms with Crippen LogP contribution in [0.5, 0.6) is 5.75 Å². The molecule has 0 radical (unpaired) electrons. The summed E-state index contributed by atoms with van der Waals surface area (Å²) in [6.45, 7) is 4.99. The van der Waals surface area contributed by atoms with E-state index in [0.717, 1.165) is 17.7 Å². The molecule has 3 nitrogen and oxygen atoms in total. The maximum Gasteiger partial charge on any atom is 0.119 e. The molecule has 1 rings (SSSR count). The topological polar surface area (TPSA) is 42.2 Å². The van der Waals surface area contributed by atoms with Crippen LogP contribution < -0.4 is 4.74 Å². The molecule has 3 heteroatoms. The molecule has 0 aliphatic rings. The lowest BCUT2D eigenvalue weighted by Crippen LogP contribution is -2.11. The quantitative estimate of drug-likeness (QED) is 0.709. The molecule has 0 aromatic heterocycles. The number of rotatable bonds is 6. The molecule has 0 unspecified atom stereocenters. The van der Waals surface area contributed by atoms with Crippen LogP contribution >= 0.6 is 0 Å². The van der Waals surface area contributed by atoms with Gasteiger partial charge in [0.1, 0.15) is 5.75 Å². The Morgan fingerprint density at radius 2 is 2.12 bits per heavy atom. The summed E-state index contributed by atoms with van der Waals surface area (Å²) >= 11 is 0. The van der Waals surface area contributed by atoms with Crippen molar-refractivity contribution < 1.29 is 9.47 Å². The largest absolute Gasteiger partial charge is 0.497 e. The molecule has 0 atom stereocenters. The second kappa shape index (κ2) is 6.27. The molecular formula is C14H19NO2. The van der Waals surface area contributed by atoms with Crippen molar-refractivity contribution in [2.45, 2.75) is 26.9 Å². The minimum absolute atomic E-state index is 0.311. The highest BCUT2D eigenvalue weighted by Gasteiger charge is 2.15. The van der Waals surface area contributed by atoms with Crippen LogP contribution in [0.25, 0.3) is 0 Å². The Hall–Kier alpha value is -1.53. The van der Waals surface area contributed by atoms with E-state index in [0.29, 0.717) is 13.2 Å². The van der Waals surface area contributed by atoms with Gasteiger partial charge in [0, 0.05) is 6.61 Å². The Bertz CT molecular complexity index is 393. The number of benzene rings is 1. The molecule has 17 heavy (non-hydrogen) atoms. The average Bonchev–Trinajstić information content (AvgIpc) is 2.35.